The molecule has 2 aliphatic heterocycles. The number of ether oxygens (including phenoxy) is 3. The number of thioether (sulfide) groups is 1. The van der Waals surface area contributed by atoms with Crippen LogP contribution in [-0.4, -0.2) is 101 Å². The summed E-state index contributed by atoms with van der Waals surface area (Å²) in [5.41, 5.74) is -1.68. The first-order chi connectivity index (χ1) is 21.6. The maximum atomic E-state index is 13.9. The Hall–Kier alpha value is -3.45. The Balaban J connectivity index is 1.22. The molecule has 0 amide bonds. The summed E-state index contributed by atoms with van der Waals surface area (Å²) in [6, 6.07) is 6.38. The molecule has 2 saturated heterocycles. The van der Waals surface area contributed by atoms with Crippen LogP contribution < -0.4 is 0 Å². The van der Waals surface area contributed by atoms with E-state index in [2.05, 4.69) is 20.6 Å². The smallest absolute Gasteiger partial charge is 0.194 e. The zero-order chi connectivity index (χ0) is 31.9. The second kappa shape index (κ2) is 12.7. The molecule has 6 rings (SSSR count). The molecule has 4 heterocycles. The standard InChI is InChI=1S/C28H28F4N6O6S/c1-42-26-24(37-9-20(33-35-37)15-6-18(30)23(32)19(31)7-15)25(40)22(11-39)44-27(26)45-17-8-28(41,13-43-12-17)38-10-21(34-36-38)14-3-2-4-16(29)5-14/h2-7,9-10,17,22,24-27,39-41H,8,11-13H2,1H3. The third kappa shape index (κ3) is 6.20. The van der Waals surface area contributed by atoms with E-state index >= 15 is 0 Å². The number of rotatable bonds is 8. The predicted molar refractivity (Wildman–Crippen MR) is 149 cm³/mol. The van der Waals surface area contributed by atoms with E-state index in [1.807, 2.05) is 0 Å². The van der Waals surface area contributed by atoms with E-state index in [9.17, 15) is 32.9 Å². The van der Waals surface area contributed by atoms with Crippen molar-refractivity contribution in [3.63, 3.8) is 0 Å². The van der Waals surface area contributed by atoms with Gasteiger partial charge in [0.05, 0.1) is 32.2 Å². The van der Waals surface area contributed by atoms with Crippen LogP contribution >= 0.6 is 11.8 Å². The van der Waals surface area contributed by atoms with E-state index in [1.165, 1.54) is 58.8 Å². The van der Waals surface area contributed by atoms with Gasteiger partial charge >= 0.3 is 0 Å². The quantitative estimate of drug-likeness (QED) is 0.190. The van der Waals surface area contributed by atoms with Crippen molar-refractivity contribution < 1.29 is 47.1 Å². The molecule has 0 spiro atoms. The second-order valence-corrected chi connectivity index (χ2v) is 12.2. The number of aromatic nitrogens is 6. The molecule has 0 saturated carbocycles. The van der Waals surface area contributed by atoms with Crippen LogP contribution in [0.2, 0.25) is 0 Å². The van der Waals surface area contributed by atoms with Crippen molar-refractivity contribution in [1.29, 1.82) is 0 Å². The molecule has 0 bridgehead atoms. The molecule has 45 heavy (non-hydrogen) atoms. The summed E-state index contributed by atoms with van der Waals surface area (Å²) in [5, 5.41) is 48.3. The molecular formula is C28H28F4N6O6S. The Morgan fingerprint density at radius 1 is 1.04 bits per heavy atom. The van der Waals surface area contributed by atoms with Crippen LogP contribution in [0.3, 0.4) is 0 Å². The minimum atomic E-state index is -1.62. The highest BCUT2D eigenvalue weighted by molar-refractivity contribution is 8.00. The Labute approximate surface area is 257 Å². The van der Waals surface area contributed by atoms with E-state index in [1.54, 1.807) is 6.07 Å². The summed E-state index contributed by atoms with van der Waals surface area (Å²) < 4.78 is 74.9. The molecule has 7 atom stereocenters. The van der Waals surface area contributed by atoms with Crippen LogP contribution in [0.25, 0.3) is 22.5 Å². The van der Waals surface area contributed by atoms with Crippen LogP contribution in [0.4, 0.5) is 17.6 Å². The number of halogens is 4. The summed E-state index contributed by atoms with van der Waals surface area (Å²) >= 11 is 1.24. The summed E-state index contributed by atoms with van der Waals surface area (Å²) in [5.74, 6) is -4.86. The third-order valence-electron chi connectivity index (χ3n) is 7.75. The molecule has 17 heteroatoms. The maximum Gasteiger partial charge on any atom is 0.194 e. The molecule has 240 valence electrons. The van der Waals surface area contributed by atoms with Gasteiger partial charge in [0.25, 0.3) is 0 Å². The zero-order valence-corrected chi connectivity index (χ0v) is 24.4. The Bertz CT molecular complexity index is 1640. The highest BCUT2D eigenvalue weighted by Crippen LogP contribution is 2.41. The van der Waals surface area contributed by atoms with Gasteiger partial charge in [-0.1, -0.05) is 22.6 Å². The zero-order valence-electron chi connectivity index (χ0n) is 23.6. The van der Waals surface area contributed by atoms with Gasteiger partial charge in [0.15, 0.2) is 23.2 Å². The van der Waals surface area contributed by atoms with Gasteiger partial charge in [-0.25, -0.2) is 26.9 Å². The van der Waals surface area contributed by atoms with E-state index in [0.29, 0.717) is 11.3 Å². The second-order valence-electron chi connectivity index (χ2n) is 10.8. The molecule has 2 aromatic carbocycles. The van der Waals surface area contributed by atoms with Crippen LogP contribution in [-0.2, 0) is 19.9 Å². The van der Waals surface area contributed by atoms with Crippen molar-refractivity contribution in [2.45, 2.75) is 47.2 Å². The topological polar surface area (TPSA) is 150 Å². The molecule has 3 N–H and O–H groups in total. The first-order valence-electron chi connectivity index (χ1n) is 13.8. The lowest BCUT2D eigenvalue weighted by Crippen LogP contribution is -2.56. The maximum absolute atomic E-state index is 13.9. The largest absolute Gasteiger partial charge is 0.394 e. The summed E-state index contributed by atoms with van der Waals surface area (Å²) in [4.78, 5) is 0. The number of aliphatic hydroxyl groups is 3. The summed E-state index contributed by atoms with van der Waals surface area (Å²) in [6.07, 6.45) is -0.382. The van der Waals surface area contributed by atoms with Crippen LogP contribution in [0.15, 0.2) is 48.8 Å². The highest BCUT2D eigenvalue weighted by Gasteiger charge is 2.49. The lowest BCUT2D eigenvalue weighted by Gasteiger charge is -2.45. The van der Waals surface area contributed by atoms with Gasteiger partial charge in [-0.2, -0.15) is 0 Å². The molecule has 7 unspecified atom stereocenters. The number of methoxy groups -OCH3 is 1. The van der Waals surface area contributed by atoms with Crippen LogP contribution in [0, 0.1) is 23.3 Å². The van der Waals surface area contributed by atoms with Gasteiger partial charge in [-0.05, 0) is 24.3 Å². The van der Waals surface area contributed by atoms with E-state index in [0.717, 1.165) is 12.1 Å². The molecule has 2 aliphatic rings. The van der Waals surface area contributed by atoms with Crippen LogP contribution in [0.1, 0.15) is 12.5 Å². The lowest BCUT2D eigenvalue weighted by atomic mass is 9.97. The van der Waals surface area contributed by atoms with Gasteiger partial charge in [0.2, 0.25) is 0 Å². The number of nitrogens with zero attached hydrogens (tertiary/aromatic N) is 6. The molecule has 4 aromatic rings. The number of hydrogen-bond acceptors (Lipinski definition) is 11. The van der Waals surface area contributed by atoms with E-state index in [-0.39, 0.29) is 30.9 Å². The predicted octanol–water partition coefficient (Wildman–Crippen LogP) is 2.26. The number of aliphatic hydroxyl groups excluding tert-OH is 2. The van der Waals surface area contributed by atoms with Crippen molar-refractivity contribution in [2.24, 2.45) is 0 Å². The van der Waals surface area contributed by atoms with Gasteiger partial charge < -0.3 is 29.5 Å². The van der Waals surface area contributed by atoms with E-state index in [4.69, 9.17) is 14.2 Å². The molecule has 0 radical (unpaired) electrons. The Kier molecular flexibility index (Phi) is 8.93. The molecular weight excluding hydrogens is 624 g/mol. The minimum absolute atomic E-state index is 0.00211. The van der Waals surface area contributed by atoms with Gasteiger partial charge in [0.1, 0.15) is 47.0 Å². The van der Waals surface area contributed by atoms with Crippen LogP contribution in [0.5, 0.6) is 0 Å². The Morgan fingerprint density at radius 3 is 2.49 bits per heavy atom. The first-order valence-corrected chi connectivity index (χ1v) is 14.7. The fourth-order valence-electron chi connectivity index (χ4n) is 5.50. The SMILES string of the molecule is COC1C(SC2COCC(O)(n3cc(-c4cccc(F)c4)nn3)C2)OC(CO)C(O)C1n1cc(-c2cc(F)c(F)c(F)c2)nn1. The van der Waals surface area contributed by atoms with Crippen molar-refractivity contribution in [2.75, 3.05) is 26.9 Å². The average molecular weight is 653 g/mol. The summed E-state index contributed by atoms with van der Waals surface area (Å²) in [6.45, 7) is -0.447. The fraction of sp³-hybridized carbons (Fsp3) is 0.429. The van der Waals surface area contributed by atoms with Crippen molar-refractivity contribution in [3.05, 3.63) is 72.1 Å². The third-order valence-corrected chi connectivity index (χ3v) is 9.09. The number of benzene rings is 2. The minimum Gasteiger partial charge on any atom is -0.394 e. The summed E-state index contributed by atoms with van der Waals surface area (Å²) in [7, 11) is 1.39. The first kappa shape index (κ1) is 31.5. The lowest BCUT2D eigenvalue weighted by molar-refractivity contribution is -0.187. The fourth-order valence-corrected chi connectivity index (χ4v) is 7.05. The van der Waals surface area contributed by atoms with Crippen molar-refractivity contribution in [1.82, 2.24) is 30.0 Å². The van der Waals surface area contributed by atoms with Crippen molar-refractivity contribution >= 4 is 11.8 Å². The Morgan fingerprint density at radius 2 is 1.78 bits per heavy atom. The van der Waals surface area contributed by atoms with Gasteiger partial charge in [-0.15, -0.1) is 22.0 Å². The van der Waals surface area contributed by atoms with Gasteiger partial charge in [0, 0.05) is 29.9 Å². The van der Waals surface area contributed by atoms with Gasteiger partial charge in [-0.3, -0.25) is 0 Å². The molecule has 12 nitrogen and oxygen atoms in total. The molecule has 2 fully saturated rings. The molecule has 0 aliphatic carbocycles. The highest BCUT2D eigenvalue weighted by atomic mass is 32.2. The number of hydrogen-bond donors (Lipinski definition) is 3. The average Bonchev–Trinajstić information content (AvgIpc) is 3.72. The molecule has 2 aromatic heterocycles. The van der Waals surface area contributed by atoms with E-state index < -0.39 is 70.6 Å². The monoisotopic (exact) mass is 652 g/mol. The van der Waals surface area contributed by atoms with Crippen molar-refractivity contribution in [3.8, 4) is 22.5 Å². The normalized spacial score (nSPS) is 28.8.